The highest BCUT2D eigenvalue weighted by molar-refractivity contribution is 9.10. The molecule has 82 valence electrons. The summed E-state index contributed by atoms with van der Waals surface area (Å²) >= 11 is 3.53. The number of hydrogen-bond donors (Lipinski definition) is 1. The fourth-order valence-corrected chi connectivity index (χ4v) is 2.05. The van der Waals surface area contributed by atoms with Crippen LogP contribution in [0.1, 0.15) is 30.1 Å². The van der Waals surface area contributed by atoms with Crippen molar-refractivity contribution in [3.05, 3.63) is 34.1 Å². The number of H-pyrrole nitrogens is 1. The standard InChI is InChI=1S/C12H12BrN3/c1-7-2-3-9(6-10(7)13)12-14-11(15-16-12)8-4-5-8/h2-3,6,8H,4-5H2,1H3,(H,14,15,16). The molecule has 1 saturated carbocycles. The van der Waals surface area contributed by atoms with E-state index in [-0.39, 0.29) is 0 Å². The van der Waals surface area contributed by atoms with Crippen molar-refractivity contribution in [2.24, 2.45) is 0 Å². The Labute approximate surface area is 102 Å². The molecule has 1 aliphatic carbocycles. The topological polar surface area (TPSA) is 41.6 Å². The van der Waals surface area contributed by atoms with Gasteiger partial charge < -0.3 is 0 Å². The zero-order valence-corrected chi connectivity index (χ0v) is 10.6. The van der Waals surface area contributed by atoms with E-state index in [0.29, 0.717) is 5.92 Å². The Morgan fingerprint density at radius 3 is 2.88 bits per heavy atom. The van der Waals surface area contributed by atoms with Crippen LogP contribution in [-0.2, 0) is 0 Å². The van der Waals surface area contributed by atoms with Gasteiger partial charge in [0, 0.05) is 16.0 Å². The molecule has 0 unspecified atom stereocenters. The number of benzene rings is 1. The van der Waals surface area contributed by atoms with Gasteiger partial charge in [-0.1, -0.05) is 28.1 Å². The lowest BCUT2D eigenvalue weighted by Crippen LogP contribution is -1.84. The number of nitrogens with one attached hydrogen (secondary N) is 1. The molecule has 4 heteroatoms. The number of aromatic amines is 1. The van der Waals surface area contributed by atoms with Crippen LogP contribution in [0.4, 0.5) is 0 Å². The predicted octanol–water partition coefficient (Wildman–Crippen LogP) is 3.42. The highest BCUT2D eigenvalue weighted by Crippen LogP contribution is 2.38. The molecule has 3 nitrogen and oxygen atoms in total. The summed E-state index contributed by atoms with van der Waals surface area (Å²) in [5, 5.41) is 7.29. The second kappa shape index (κ2) is 3.70. The van der Waals surface area contributed by atoms with Gasteiger partial charge in [0.1, 0.15) is 5.82 Å². The first-order chi connectivity index (χ1) is 7.74. The van der Waals surface area contributed by atoms with Crippen LogP contribution in [0.3, 0.4) is 0 Å². The van der Waals surface area contributed by atoms with Gasteiger partial charge in [-0.15, -0.1) is 0 Å². The summed E-state index contributed by atoms with van der Waals surface area (Å²) in [6.45, 7) is 2.07. The Morgan fingerprint density at radius 1 is 1.38 bits per heavy atom. The molecule has 0 aliphatic heterocycles. The van der Waals surface area contributed by atoms with Gasteiger partial charge in [-0.05, 0) is 31.4 Å². The normalized spacial score (nSPS) is 15.4. The maximum absolute atomic E-state index is 4.53. The van der Waals surface area contributed by atoms with Crippen molar-refractivity contribution in [2.75, 3.05) is 0 Å². The molecule has 0 atom stereocenters. The van der Waals surface area contributed by atoms with Crippen molar-refractivity contribution in [1.29, 1.82) is 0 Å². The first-order valence-electron chi connectivity index (χ1n) is 5.43. The minimum Gasteiger partial charge on any atom is -0.262 e. The minimum absolute atomic E-state index is 0.620. The molecule has 3 rings (SSSR count). The second-order valence-corrected chi connectivity index (χ2v) is 5.14. The summed E-state index contributed by atoms with van der Waals surface area (Å²) in [5.74, 6) is 2.45. The van der Waals surface area contributed by atoms with Gasteiger partial charge in [0.15, 0.2) is 5.82 Å². The van der Waals surface area contributed by atoms with Crippen LogP contribution < -0.4 is 0 Å². The van der Waals surface area contributed by atoms with Crippen molar-refractivity contribution >= 4 is 15.9 Å². The van der Waals surface area contributed by atoms with Crippen LogP contribution in [-0.4, -0.2) is 15.2 Å². The summed E-state index contributed by atoms with van der Waals surface area (Å²) in [7, 11) is 0. The molecule has 1 heterocycles. The van der Waals surface area contributed by atoms with E-state index < -0.39 is 0 Å². The summed E-state index contributed by atoms with van der Waals surface area (Å²) in [4.78, 5) is 4.53. The third kappa shape index (κ3) is 1.78. The van der Waals surface area contributed by atoms with Crippen molar-refractivity contribution < 1.29 is 0 Å². The van der Waals surface area contributed by atoms with Crippen LogP contribution in [0.5, 0.6) is 0 Å². The van der Waals surface area contributed by atoms with Crippen LogP contribution in [0, 0.1) is 6.92 Å². The van der Waals surface area contributed by atoms with E-state index in [1.165, 1.54) is 18.4 Å². The first-order valence-corrected chi connectivity index (χ1v) is 6.22. The zero-order valence-electron chi connectivity index (χ0n) is 9.00. The lowest BCUT2D eigenvalue weighted by molar-refractivity contribution is 0.935. The molecule has 0 saturated heterocycles. The summed E-state index contributed by atoms with van der Waals surface area (Å²) < 4.78 is 1.10. The fourth-order valence-electron chi connectivity index (χ4n) is 1.67. The smallest absolute Gasteiger partial charge is 0.181 e. The third-order valence-electron chi connectivity index (χ3n) is 2.90. The number of nitrogens with zero attached hydrogens (tertiary/aromatic N) is 2. The molecular weight excluding hydrogens is 266 g/mol. The fraction of sp³-hybridized carbons (Fsp3) is 0.333. The molecule has 1 aromatic heterocycles. The van der Waals surface area contributed by atoms with E-state index in [0.717, 1.165) is 21.7 Å². The number of rotatable bonds is 2. The monoisotopic (exact) mass is 277 g/mol. The number of aromatic nitrogens is 3. The van der Waals surface area contributed by atoms with Crippen LogP contribution >= 0.6 is 15.9 Å². The van der Waals surface area contributed by atoms with Crippen molar-refractivity contribution in [1.82, 2.24) is 15.2 Å². The van der Waals surface area contributed by atoms with Crippen LogP contribution in [0.15, 0.2) is 22.7 Å². The van der Waals surface area contributed by atoms with E-state index in [9.17, 15) is 0 Å². The van der Waals surface area contributed by atoms with Gasteiger partial charge in [0.2, 0.25) is 0 Å². The molecule has 1 aliphatic rings. The maximum atomic E-state index is 4.53. The Morgan fingerprint density at radius 2 is 2.19 bits per heavy atom. The molecule has 16 heavy (non-hydrogen) atoms. The summed E-state index contributed by atoms with van der Waals surface area (Å²) in [5.41, 5.74) is 2.28. The number of halogens is 1. The van der Waals surface area contributed by atoms with Gasteiger partial charge in [-0.25, -0.2) is 4.98 Å². The highest BCUT2D eigenvalue weighted by atomic mass is 79.9. The molecule has 1 aromatic carbocycles. The number of hydrogen-bond acceptors (Lipinski definition) is 2. The largest absolute Gasteiger partial charge is 0.262 e. The maximum Gasteiger partial charge on any atom is 0.181 e. The SMILES string of the molecule is Cc1ccc(-c2n[nH]c(C3CC3)n2)cc1Br. The molecule has 2 aromatic rings. The van der Waals surface area contributed by atoms with Gasteiger partial charge in [-0.2, -0.15) is 5.10 Å². The average Bonchev–Trinajstić information content (AvgIpc) is 3.01. The van der Waals surface area contributed by atoms with Gasteiger partial charge in [-0.3, -0.25) is 5.10 Å². The average molecular weight is 278 g/mol. The van der Waals surface area contributed by atoms with Crippen LogP contribution in [0.25, 0.3) is 11.4 Å². The Hall–Kier alpha value is -1.16. The Bertz CT molecular complexity index is 529. The minimum atomic E-state index is 0.620. The summed E-state index contributed by atoms with van der Waals surface area (Å²) in [6.07, 6.45) is 2.48. The van der Waals surface area contributed by atoms with E-state index in [1.54, 1.807) is 0 Å². The third-order valence-corrected chi connectivity index (χ3v) is 3.75. The van der Waals surface area contributed by atoms with E-state index in [1.807, 2.05) is 0 Å². The summed E-state index contributed by atoms with van der Waals surface area (Å²) in [6, 6.07) is 6.20. The van der Waals surface area contributed by atoms with Gasteiger partial charge in [0.25, 0.3) is 0 Å². The highest BCUT2D eigenvalue weighted by Gasteiger charge is 2.27. The second-order valence-electron chi connectivity index (χ2n) is 4.28. The molecular formula is C12H12BrN3. The van der Waals surface area contributed by atoms with Crippen molar-refractivity contribution in [2.45, 2.75) is 25.7 Å². The zero-order chi connectivity index (χ0) is 11.1. The van der Waals surface area contributed by atoms with E-state index in [4.69, 9.17) is 0 Å². The Kier molecular flexibility index (Phi) is 2.32. The molecule has 1 N–H and O–H groups in total. The quantitative estimate of drug-likeness (QED) is 0.914. The van der Waals surface area contributed by atoms with E-state index >= 15 is 0 Å². The molecule has 0 bridgehead atoms. The Balaban J connectivity index is 1.97. The molecule has 1 fully saturated rings. The number of aryl methyl sites for hydroxylation is 1. The van der Waals surface area contributed by atoms with E-state index in [2.05, 4.69) is 56.2 Å². The van der Waals surface area contributed by atoms with Crippen molar-refractivity contribution in [3.63, 3.8) is 0 Å². The lowest BCUT2D eigenvalue weighted by atomic mass is 10.1. The molecule has 0 spiro atoms. The molecule has 0 radical (unpaired) electrons. The van der Waals surface area contributed by atoms with Gasteiger partial charge >= 0.3 is 0 Å². The van der Waals surface area contributed by atoms with Crippen molar-refractivity contribution in [3.8, 4) is 11.4 Å². The first kappa shape index (κ1) is 10.0. The molecule has 0 amide bonds. The predicted molar refractivity (Wildman–Crippen MR) is 66.2 cm³/mol. The lowest BCUT2D eigenvalue weighted by Gasteiger charge is -1.99. The van der Waals surface area contributed by atoms with Crippen LogP contribution in [0.2, 0.25) is 0 Å². The van der Waals surface area contributed by atoms with Gasteiger partial charge in [0.05, 0.1) is 0 Å².